The van der Waals surface area contributed by atoms with Crippen molar-refractivity contribution in [2.75, 3.05) is 20.2 Å². The Hall–Kier alpha value is 1.56. The van der Waals surface area contributed by atoms with Gasteiger partial charge in [0.25, 0.3) is 0 Å². The third-order valence-corrected chi connectivity index (χ3v) is 1.55. The van der Waals surface area contributed by atoms with Crippen molar-refractivity contribution < 1.29 is 56.1 Å². The first-order valence-corrected chi connectivity index (χ1v) is 4.09. The van der Waals surface area contributed by atoms with E-state index in [0.29, 0.717) is 6.10 Å². The van der Waals surface area contributed by atoms with Crippen LogP contribution in [0.4, 0.5) is 0 Å². The number of rotatable bonds is 1. The Kier molecular flexibility index (Phi) is 15.8. The van der Waals surface area contributed by atoms with Crippen molar-refractivity contribution in [2.45, 2.75) is 32.8 Å². The fourth-order valence-electron chi connectivity index (χ4n) is 0.962. The van der Waals surface area contributed by atoms with Crippen molar-refractivity contribution in [3.05, 3.63) is 5.32 Å². The molecule has 1 fully saturated rings. The average Bonchev–Trinajstić information content (AvgIpc) is 2.10. The van der Waals surface area contributed by atoms with E-state index in [9.17, 15) is 0 Å². The van der Waals surface area contributed by atoms with Gasteiger partial charge in [-0.05, 0) is 12.8 Å². The van der Waals surface area contributed by atoms with E-state index in [0.717, 1.165) is 25.9 Å². The van der Waals surface area contributed by atoms with Crippen molar-refractivity contribution in [2.24, 2.45) is 0 Å². The van der Waals surface area contributed by atoms with Crippen molar-refractivity contribution in [3.63, 3.8) is 0 Å². The van der Waals surface area contributed by atoms with E-state index < -0.39 is 0 Å². The zero-order chi connectivity index (χ0) is 7.82. The molecule has 0 amide bonds. The molecule has 1 aliphatic rings. The molecule has 62 valence electrons. The van der Waals surface area contributed by atoms with Crippen LogP contribution in [0.5, 0.6) is 0 Å². The van der Waals surface area contributed by atoms with Crippen LogP contribution in [0, 0.1) is 0 Å². The number of piperidine rings is 1. The molecule has 0 saturated carbocycles. The van der Waals surface area contributed by atoms with Crippen LogP contribution in [0.3, 0.4) is 0 Å². The number of hydrogen-bond acceptors (Lipinski definition) is 1. The van der Waals surface area contributed by atoms with Crippen LogP contribution >= 0.6 is 0 Å². The monoisotopic (exact) mass is 183 g/mol. The summed E-state index contributed by atoms with van der Waals surface area (Å²) in [6.45, 7) is 6.00. The molecule has 0 atom stereocenters. The molecular weight excluding hydrogens is 165 g/mol. The van der Waals surface area contributed by atoms with Gasteiger partial charge in [0.05, 0.1) is 6.10 Å². The summed E-state index contributed by atoms with van der Waals surface area (Å²) in [6, 6.07) is 0. The minimum absolute atomic E-state index is 0. The van der Waals surface area contributed by atoms with E-state index in [1.54, 1.807) is 7.11 Å². The van der Waals surface area contributed by atoms with Gasteiger partial charge in [-0.25, -0.2) is 0 Å². The van der Waals surface area contributed by atoms with E-state index in [1.807, 2.05) is 13.8 Å². The fourth-order valence-corrected chi connectivity index (χ4v) is 0.962. The van der Waals surface area contributed by atoms with Gasteiger partial charge in [-0.3, -0.25) is 0 Å². The summed E-state index contributed by atoms with van der Waals surface area (Å²) in [6.07, 6.45) is 2.74. The predicted molar refractivity (Wildman–Crippen MR) is 44.5 cm³/mol. The van der Waals surface area contributed by atoms with Gasteiger partial charge in [0.2, 0.25) is 0 Å². The third-order valence-electron chi connectivity index (χ3n) is 1.55. The number of ether oxygens (including phenoxy) is 1. The first-order chi connectivity index (χ1) is 4.93. The molecule has 11 heavy (non-hydrogen) atoms. The molecule has 0 aromatic heterocycles. The quantitative estimate of drug-likeness (QED) is 0.488. The first-order valence-electron chi connectivity index (χ1n) is 4.09. The molecule has 0 radical (unpaired) electrons. The Morgan fingerprint density at radius 3 is 1.91 bits per heavy atom. The normalized spacial score (nSPS) is 17.7. The van der Waals surface area contributed by atoms with Gasteiger partial charge in [-0.1, -0.05) is 13.8 Å². The van der Waals surface area contributed by atoms with Gasteiger partial charge in [0, 0.05) is 7.11 Å². The van der Waals surface area contributed by atoms with Crippen LogP contribution in [-0.2, 0) is 4.74 Å². The summed E-state index contributed by atoms with van der Waals surface area (Å²) in [5, 5.41) is 4.20. The van der Waals surface area contributed by atoms with Crippen molar-refractivity contribution in [1.82, 2.24) is 0 Å². The van der Waals surface area contributed by atoms with Gasteiger partial charge in [-0.15, -0.1) is 13.1 Å². The molecule has 0 spiro atoms. The number of nitrogens with zero attached hydrogens (tertiary/aromatic N) is 1. The van der Waals surface area contributed by atoms with E-state index >= 15 is 0 Å². The van der Waals surface area contributed by atoms with Crippen LogP contribution in [-0.4, -0.2) is 26.3 Å². The number of methoxy groups -OCH3 is 1. The standard InChI is InChI=1S/C6H12NO.C2H6.K/c1-8-6-2-4-7-5-3-6;1-2;/h6H,2-5H2,1H3;1-2H3;/q-1;;+1. The molecular formula is C8H18KNO. The van der Waals surface area contributed by atoms with Gasteiger partial charge in [0.15, 0.2) is 0 Å². The summed E-state index contributed by atoms with van der Waals surface area (Å²) in [5.74, 6) is 0. The minimum Gasteiger partial charge on any atom is -0.662 e. The molecule has 1 saturated heterocycles. The second kappa shape index (κ2) is 11.6. The molecule has 3 heteroatoms. The van der Waals surface area contributed by atoms with Gasteiger partial charge >= 0.3 is 51.4 Å². The van der Waals surface area contributed by atoms with E-state index in [1.165, 1.54) is 0 Å². The van der Waals surface area contributed by atoms with E-state index in [2.05, 4.69) is 5.32 Å². The third kappa shape index (κ3) is 7.90. The summed E-state index contributed by atoms with van der Waals surface area (Å²) in [7, 11) is 1.77. The SMILES string of the molecule is CC.COC1CC[N-]CC1.[K+]. The molecule has 0 bridgehead atoms. The Morgan fingerprint density at radius 1 is 1.18 bits per heavy atom. The van der Waals surface area contributed by atoms with Gasteiger partial charge in [-0.2, -0.15) is 0 Å². The van der Waals surface area contributed by atoms with Crippen molar-refractivity contribution in [1.29, 1.82) is 0 Å². The Bertz CT molecular complexity index is 65.1. The molecule has 1 rings (SSSR count). The molecule has 2 nitrogen and oxygen atoms in total. The van der Waals surface area contributed by atoms with E-state index in [-0.39, 0.29) is 51.4 Å². The van der Waals surface area contributed by atoms with Gasteiger partial charge in [0.1, 0.15) is 0 Å². The fraction of sp³-hybridized carbons (Fsp3) is 1.00. The number of hydrogen-bond donors (Lipinski definition) is 0. The summed E-state index contributed by atoms with van der Waals surface area (Å²) < 4.78 is 5.13. The maximum absolute atomic E-state index is 5.13. The molecule has 0 N–H and O–H groups in total. The molecule has 0 unspecified atom stereocenters. The molecule has 0 aromatic rings. The largest absolute Gasteiger partial charge is 1.00 e. The minimum atomic E-state index is 0. The maximum Gasteiger partial charge on any atom is 1.00 e. The Balaban J connectivity index is 0. The Labute approximate surface area is 113 Å². The zero-order valence-corrected chi connectivity index (χ0v) is 11.4. The van der Waals surface area contributed by atoms with Crippen LogP contribution in [0.25, 0.3) is 5.32 Å². The molecule has 0 aromatic carbocycles. The van der Waals surface area contributed by atoms with Crippen LogP contribution in [0.15, 0.2) is 0 Å². The smallest absolute Gasteiger partial charge is 0.662 e. The van der Waals surface area contributed by atoms with Crippen molar-refractivity contribution >= 4 is 0 Å². The van der Waals surface area contributed by atoms with Crippen LogP contribution < -0.4 is 51.4 Å². The van der Waals surface area contributed by atoms with Crippen molar-refractivity contribution in [3.8, 4) is 0 Å². The predicted octanol–water partition coefficient (Wildman–Crippen LogP) is -0.801. The summed E-state index contributed by atoms with van der Waals surface area (Å²) in [5.41, 5.74) is 0. The topological polar surface area (TPSA) is 23.3 Å². The summed E-state index contributed by atoms with van der Waals surface area (Å²) in [4.78, 5) is 0. The second-order valence-corrected chi connectivity index (χ2v) is 2.11. The zero-order valence-electron chi connectivity index (χ0n) is 8.26. The van der Waals surface area contributed by atoms with Crippen LogP contribution in [0.2, 0.25) is 0 Å². The maximum atomic E-state index is 5.13. The Morgan fingerprint density at radius 2 is 1.64 bits per heavy atom. The average molecular weight is 183 g/mol. The second-order valence-electron chi connectivity index (χ2n) is 2.11. The molecule has 0 aliphatic carbocycles. The summed E-state index contributed by atoms with van der Waals surface area (Å²) >= 11 is 0. The first kappa shape index (κ1) is 15.0. The molecule has 1 aliphatic heterocycles. The molecule has 1 heterocycles. The van der Waals surface area contributed by atoms with Crippen LogP contribution in [0.1, 0.15) is 26.7 Å². The van der Waals surface area contributed by atoms with E-state index in [4.69, 9.17) is 4.74 Å². The van der Waals surface area contributed by atoms with Gasteiger partial charge < -0.3 is 10.1 Å².